The van der Waals surface area contributed by atoms with Gasteiger partial charge in [-0.15, -0.1) is 0 Å². The van der Waals surface area contributed by atoms with Crippen LogP contribution in [0.1, 0.15) is 50.8 Å². The molecule has 2 rings (SSSR count). The number of nitrogens with zero attached hydrogens (tertiary/aromatic N) is 2. The number of hydrogen-bond donors (Lipinski definition) is 1. The minimum atomic E-state index is 0.0398. The van der Waals surface area contributed by atoms with E-state index in [2.05, 4.69) is 15.3 Å². The van der Waals surface area contributed by atoms with E-state index in [1.165, 1.54) is 32.2 Å². The Morgan fingerprint density at radius 1 is 1.44 bits per heavy atom. The molecule has 100 valence electrons. The predicted octanol–water partition coefficient (Wildman–Crippen LogP) is 2.48. The van der Waals surface area contributed by atoms with Gasteiger partial charge in [0.05, 0.1) is 18.0 Å². The van der Waals surface area contributed by atoms with Gasteiger partial charge < -0.3 is 10.1 Å². The summed E-state index contributed by atoms with van der Waals surface area (Å²) in [5.41, 5.74) is 0.910. The SMILES string of the molecule is CC(OCCCC1CCCCN1)c1cnccn1. The summed E-state index contributed by atoms with van der Waals surface area (Å²) in [4.78, 5) is 8.30. The van der Waals surface area contributed by atoms with Crippen molar-refractivity contribution in [3.63, 3.8) is 0 Å². The number of aromatic nitrogens is 2. The van der Waals surface area contributed by atoms with Crippen LogP contribution in [-0.4, -0.2) is 29.2 Å². The van der Waals surface area contributed by atoms with Crippen molar-refractivity contribution in [2.45, 2.75) is 51.2 Å². The minimum absolute atomic E-state index is 0.0398. The fourth-order valence-electron chi connectivity index (χ4n) is 2.37. The topological polar surface area (TPSA) is 47.0 Å². The smallest absolute Gasteiger partial charge is 0.0982 e. The lowest BCUT2D eigenvalue weighted by Crippen LogP contribution is -2.34. The van der Waals surface area contributed by atoms with E-state index in [0.717, 1.165) is 18.7 Å². The molecule has 0 radical (unpaired) electrons. The monoisotopic (exact) mass is 249 g/mol. The van der Waals surface area contributed by atoms with Gasteiger partial charge in [-0.1, -0.05) is 6.42 Å². The predicted molar refractivity (Wildman–Crippen MR) is 71.3 cm³/mol. The molecule has 1 aromatic rings. The van der Waals surface area contributed by atoms with E-state index in [0.29, 0.717) is 6.04 Å². The molecule has 4 heteroatoms. The van der Waals surface area contributed by atoms with Gasteiger partial charge in [-0.3, -0.25) is 9.97 Å². The quantitative estimate of drug-likeness (QED) is 0.787. The molecule has 0 bridgehead atoms. The number of hydrogen-bond acceptors (Lipinski definition) is 4. The summed E-state index contributed by atoms with van der Waals surface area (Å²) in [6.07, 6.45) is 11.6. The number of rotatable bonds is 6. The molecule has 0 amide bonds. The number of ether oxygens (including phenoxy) is 1. The van der Waals surface area contributed by atoms with E-state index in [4.69, 9.17) is 4.74 Å². The van der Waals surface area contributed by atoms with E-state index in [1.54, 1.807) is 18.6 Å². The van der Waals surface area contributed by atoms with Crippen molar-refractivity contribution in [1.29, 1.82) is 0 Å². The third-order valence-corrected chi connectivity index (χ3v) is 3.48. The van der Waals surface area contributed by atoms with Crippen LogP contribution in [0.2, 0.25) is 0 Å². The third kappa shape index (κ3) is 4.35. The van der Waals surface area contributed by atoms with Gasteiger partial charge in [0.25, 0.3) is 0 Å². The average molecular weight is 249 g/mol. The van der Waals surface area contributed by atoms with Crippen molar-refractivity contribution in [2.24, 2.45) is 0 Å². The van der Waals surface area contributed by atoms with Gasteiger partial charge in [-0.2, -0.15) is 0 Å². The summed E-state index contributed by atoms with van der Waals surface area (Å²) in [5.74, 6) is 0. The van der Waals surface area contributed by atoms with Gasteiger partial charge in [0.1, 0.15) is 0 Å². The summed E-state index contributed by atoms with van der Waals surface area (Å²) in [6.45, 7) is 4.01. The fraction of sp³-hybridized carbons (Fsp3) is 0.714. The maximum absolute atomic E-state index is 5.79. The second-order valence-electron chi connectivity index (χ2n) is 4.93. The highest BCUT2D eigenvalue weighted by molar-refractivity contribution is 4.97. The lowest BCUT2D eigenvalue weighted by molar-refractivity contribution is 0.0582. The number of piperidine rings is 1. The first kappa shape index (κ1) is 13.4. The molecule has 0 aromatic carbocycles. The number of nitrogens with one attached hydrogen (secondary N) is 1. The molecule has 1 fully saturated rings. The van der Waals surface area contributed by atoms with Crippen molar-refractivity contribution in [3.8, 4) is 0 Å². The Balaban J connectivity index is 1.60. The van der Waals surface area contributed by atoms with Crippen LogP contribution in [0.4, 0.5) is 0 Å². The van der Waals surface area contributed by atoms with Crippen LogP contribution >= 0.6 is 0 Å². The van der Waals surface area contributed by atoms with Gasteiger partial charge in [-0.05, 0) is 39.2 Å². The van der Waals surface area contributed by atoms with Gasteiger partial charge in [-0.25, -0.2) is 0 Å². The molecule has 1 aliphatic rings. The lowest BCUT2D eigenvalue weighted by Gasteiger charge is -2.23. The molecule has 0 spiro atoms. The van der Waals surface area contributed by atoms with Crippen LogP contribution < -0.4 is 5.32 Å². The lowest BCUT2D eigenvalue weighted by atomic mass is 10.0. The first-order chi connectivity index (χ1) is 8.86. The van der Waals surface area contributed by atoms with Crippen LogP contribution in [0.15, 0.2) is 18.6 Å². The second-order valence-corrected chi connectivity index (χ2v) is 4.93. The first-order valence-corrected chi connectivity index (χ1v) is 6.97. The zero-order valence-corrected chi connectivity index (χ0v) is 11.1. The Kier molecular flexibility index (Phi) is 5.55. The van der Waals surface area contributed by atoms with Crippen molar-refractivity contribution < 1.29 is 4.74 Å². The molecule has 2 heterocycles. The van der Waals surface area contributed by atoms with E-state index in [9.17, 15) is 0 Å². The normalized spacial score (nSPS) is 21.7. The molecule has 0 aliphatic carbocycles. The first-order valence-electron chi connectivity index (χ1n) is 6.97. The maximum Gasteiger partial charge on any atom is 0.0982 e. The molecule has 18 heavy (non-hydrogen) atoms. The van der Waals surface area contributed by atoms with Gasteiger partial charge in [0.2, 0.25) is 0 Å². The van der Waals surface area contributed by atoms with E-state index < -0.39 is 0 Å². The maximum atomic E-state index is 5.79. The average Bonchev–Trinajstić information content (AvgIpc) is 2.45. The summed E-state index contributed by atoms with van der Waals surface area (Å²) in [5, 5.41) is 3.56. The minimum Gasteiger partial charge on any atom is -0.372 e. The van der Waals surface area contributed by atoms with Crippen LogP contribution in [-0.2, 0) is 4.74 Å². The summed E-state index contributed by atoms with van der Waals surface area (Å²) in [6, 6.07) is 0.703. The van der Waals surface area contributed by atoms with Gasteiger partial charge in [0.15, 0.2) is 0 Å². The van der Waals surface area contributed by atoms with Crippen molar-refractivity contribution in [3.05, 3.63) is 24.3 Å². The Morgan fingerprint density at radius 3 is 3.11 bits per heavy atom. The molecule has 2 unspecified atom stereocenters. The highest BCUT2D eigenvalue weighted by atomic mass is 16.5. The molecule has 1 aromatic heterocycles. The largest absolute Gasteiger partial charge is 0.372 e. The van der Waals surface area contributed by atoms with Gasteiger partial charge in [0, 0.05) is 25.0 Å². The molecule has 2 atom stereocenters. The highest BCUT2D eigenvalue weighted by Gasteiger charge is 2.12. The van der Waals surface area contributed by atoms with Gasteiger partial charge >= 0.3 is 0 Å². The Hall–Kier alpha value is -1.00. The molecular weight excluding hydrogens is 226 g/mol. The Labute approximate surface area is 109 Å². The zero-order chi connectivity index (χ0) is 12.6. The fourth-order valence-corrected chi connectivity index (χ4v) is 2.37. The summed E-state index contributed by atoms with van der Waals surface area (Å²) >= 11 is 0. The standard InChI is InChI=1S/C14H23N3O/c1-12(14-11-15-8-9-17-14)18-10-4-6-13-5-2-3-7-16-13/h8-9,11-13,16H,2-7,10H2,1H3. The Morgan fingerprint density at radius 2 is 2.39 bits per heavy atom. The second kappa shape index (κ2) is 7.44. The van der Waals surface area contributed by atoms with Crippen LogP contribution in [0.25, 0.3) is 0 Å². The van der Waals surface area contributed by atoms with Crippen molar-refractivity contribution >= 4 is 0 Å². The molecule has 1 saturated heterocycles. The highest BCUT2D eigenvalue weighted by Crippen LogP contribution is 2.15. The van der Waals surface area contributed by atoms with E-state index in [-0.39, 0.29) is 6.10 Å². The zero-order valence-electron chi connectivity index (χ0n) is 11.1. The molecular formula is C14H23N3O. The third-order valence-electron chi connectivity index (χ3n) is 3.48. The Bertz CT molecular complexity index is 325. The molecule has 1 aliphatic heterocycles. The van der Waals surface area contributed by atoms with Crippen LogP contribution in [0, 0.1) is 0 Å². The summed E-state index contributed by atoms with van der Waals surface area (Å²) in [7, 11) is 0. The molecule has 0 saturated carbocycles. The van der Waals surface area contributed by atoms with Crippen LogP contribution in [0.3, 0.4) is 0 Å². The van der Waals surface area contributed by atoms with Crippen LogP contribution in [0.5, 0.6) is 0 Å². The molecule has 4 nitrogen and oxygen atoms in total. The van der Waals surface area contributed by atoms with Crippen molar-refractivity contribution in [2.75, 3.05) is 13.2 Å². The molecule has 1 N–H and O–H groups in total. The van der Waals surface area contributed by atoms with Crippen molar-refractivity contribution in [1.82, 2.24) is 15.3 Å². The van der Waals surface area contributed by atoms with E-state index in [1.807, 2.05) is 6.92 Å². The van der Waals surface area contributed by atoms with E-state index >= 15 is 0 Å². The summed E-state index contributed by atoms with van der Waals surface area (Å²) < 4.78 is 5.79.